The summed E-state index contributed by atoms with van der Waals surface area (Å²) in [6.45, 7) is 0. The van der Waals surface area contributed by atoms with E-state index in [1.165, 1.54) is 36.5 Å². The Labute approximate surface area is 113 Å². The van der Waals surface area contributed by atoms with Crippen LogP contribution in [-0.2, 0) is 0 Å². The van der Waals surface area contributed by atoms with Crippen LogP contribution < -0.4 is 0 Å². The normalized spacial score (nSPS) is 10.8. The zero-order valence-corrected chi connectivity index (χ0v) is 10.1. The average Bonchev–Trinajstić information content (AvgIpc) is 2.40. The van der Waals surface area contributed by atoms with Crippen LogP contribution in [0.2, 0.25) is 0 Å². The molecule has 0 aliphatic rings. The molecule has 2 aromatic rings. The number of hydrogen-bond acceptors (Lipinski definition) is 6. The summed E-state index contributed by atoms with van der Waals surface area (Å²) in [4.78, 5) is 14.1. The van der Waals surface area contributed by atoms with Crippen molar-refractivity contribution < 1.29 is 20.2 Å². The Balaban J connectivity index is 2.41. The van der Waals surface area contributed by atoms with Crippen molar-refractivity contribution >= 4 is 17.6 Å². The van der Waals surface area contributed by atoms with Crippen molar-refractivity contribution in [2.75, 3.05) is 0 Å². The number of rotatable bonds is 3. The van der Waals surface area contributed by atoms with Crippen molar-refractivity contribution in [2.24, 2.45) is 4.99 Å². The predicted molar refractivity (Wildman–Crippen MR) is 71.8 cm³/mol. The summed E-state index contributed by atoms with van der Waals surface area (Å²) >= 11 is 0. The number of nitrogens with zero attached hydrogens (tertiary/aromatic N) is 2. The molecule has 0 saturated heterocycles. The maximum absolute atomic E-state index is 10.8. The van der Waals surface area contributed by atoms with Crippen molar-refractivity contribution in [2.45, 2.75) is 0 Å². The Bertz CT molecular complexity index is 697. The van der Waals surface area contributed by atoms with Crippen LogP contribution in [0.5, 0.6) is 17.2 Å². The minimum absolute atomic E-state index is 0.0237. The molecule has 2 aromatic carbocycles. The fraction of sp³-hybridized carbons (Fsp3) is 0. The standard InChI is InChI=1S/C13H10N2O5/c16-9-2-4-13(18)8(5-9)7-14-11-3-1-10(17)6-12(11)15(19)20/h1-7,16-18H. The fourth-order valence-corrected chi connectivity index (χ4v) is 1.55. The number of nitro groups is 1. The Hall–Kier alpha value is -3.09. The van der Waals surface area contributed by atoms with Gasteiger partial charge in [0.05, 0.1) is 11.0 Å². The van der Waals surface area contributed by atoms with E-state index < -0.39 is 4.92 Å². The van der Waals surface area contributed by atoms with E-state index in [0.29, 0.717) is 0 Å². The summed E-state index contributed by atoms with van der Waals surface area (Å²) in [5.74, 6) is -0.423. The maximum atomic E-state index is 10.8. The predicted octanol–water partition coefficient (Wildman–Crippen LogP) is 2.46. The maximum Gasteiger partial charge on any atom is 0.298 e. The first-order chi connectivity index (χ1) is 9.47. The third-order valence-electron chi connectivity index (χ3n) is 2.51. The number of aromatic hydroxyl groups is 3. The van der Waals surface area contributed by atoms with Crippen molar-refractivity contribution in [1.82, 2.24) is 0 Å². The quantitative estimate of drug-likeness (QED) is 0.344. The van der Waals surface area contributed by atoms with E-state index in [1.807, 2.05) is 0 Å². The minimum atomic E-state index is -0.672. The second-order valence-corrected chi connectivity index (χ2v) is 3.93. The van der Waals surface area contributed by atoms with Crippen LogP contribution in [0, 0.1) is 10.1 Å². The zero-order valence-electron chi connectivity index (χ0n) is 10.1. The van der Waals surface area contributed by atoms with Crippen LogP contribution in [0.25, 0.3) is 0 Å². The van der Waals surface area contributed by atoms with Crippen molar-refractivity contribution in [3.8, 4) is 17.2 Å². The topological polar surface area (TPSA) is 116 Å². The molecule has 0 radical (unpaired) electrons. The van der Waals surface area contributed by atoms with E-state index in [-0.39, 0.29) is 34.2 Å². The molecular weight excluding hydrogens is 264 g/mol. The molecule has 0 aromatic heterocycles. The van der Waals surface area contributed by atoms with Gasteiger partial charge in [0, 0.05) is 11.8 Å². The summed E-state index contributed by atoms with van der Waals surface area (Å²) in [5.41, 5.74) is -0.121. The molecule has 7 heteroatoms. The Morgan fingerprint density at radius 3 is 2.40 bits per heavy atom. The number of phenols is 3. The Morgan fingerprint density at radius 1 is 1.05 bits per heavy atom. The van der Waals surface area contributed by atoms with Crippen molar-refractivity contribution in [3.05, 3.63) is 52.1 Å². The molecule has 0 bridgehead atoms. The van der Waals surface area contributed by atoms with Gasteiger partial charge in [-0.1, -0.05) is 0 Å². The summed E-state index contributed by atoms with van der Waals surface area (Å²) in [7, 11) is 0. The summed E-state index contributed by atoms with van der Waals surface area (Å²) < 4.78 is 0. The van der Waals surface area contributed by atoms with Gasteiger partial charge in [-0.3, -0.25) is 10.1 Å². The van der Waals surface area contributed by atoms with Gasteiger partial charge in [-0.15, -0.1) is 0 Å². The van der Waals surface area contributed by atoms with E-state index >= 15 is 0 Å². The number of nitro benzene ring substituents is 1. The van der Waals surface area contributed by atoms with Crippen LogP contribution in [-0.4, -0.2) is 26.5 Å². The molecule has 0 aliphatic carbocycles. The fourth-order valence-electron chi connectivity index (χ4n) is 1.55. The molecule has 7 nitrogen and oxygen atoms in total. The third kappa shape index (κ3) is 2.83. The largest absolute Gasteiger partial charge is 0.508 e. The van der Waals surface area contributed by atoms with E-state index in [9.17, 15) is 25.4 Å². The highest BCUT2D eigenvalue weighted by Gasteiger charge is 2.13. The van der Waals surface area contributed by atoms with E-state index in [0.717, 1.165) is 6.07 Å². The lowest BCUT2D eigenvalue weighted by Crippen LogP contribution is -1.89. The van der Waals surface area contributed by atoms with Crippen LogP contribution >= 0.6 is 0 Å². The van der Waals surface area contributed by atoms with Gasteiger partial charge < -0.3 is 15.3 Å². The van der Waals surface area contributed by atoms with Gasteiger partial charge in [-0.2, -0.15) is 0 Å². The van der Waals surface area contributed by atoms with Gasteiger partial charge in [0.1, 0.15) is 22.9 Å². The van der Waals surface area contributed by atoms with Crippen LogP contribution in [0.15, 0.2) is 41.4 Å². The summed E-state index contributed by atoms with van der Waals surface area (Å²) in [5, 5.41) is 38.9. The van der Waals surface area contributed by atoms with Gasteiger partial charge in [0.2, 0.25) is 0 Å². The molecule has 0 unspecified atom stereocenters. The molecule has 3 N–H and O–H groups in total. The summed E-state index contributed by atoms with van der Waals surface area (Å²) in [6, 6.07) is 7.38. The second-order valence-electron chi connectivity index (χ2n) is 3.93. The molecule has 0 saturated carbocycles. The lowest BCUT2D eigenvalue weighted by molar-refractivity contribution is -0.384. The first-order valence-corrected chi connectivity index (χ1v) is 5.51. The van der Waals surface area contributed by atoms with E-state index in [2.05, 4.69) is 4.99 Å². The molecular formula is C13H10N2O5. The average molecular weight is 274 g/mol. The van der Waals surface area contributed by atoms with E-state index in [4.69, 9.17) is 0 Å². The SMILES string of the molecule is O=[N+]([O-])c1cc(O)ccc1N=Cc1cc(O)ccc1O. The number of benzene rings is 2. The Morgan fingerprint density at radius 2 is 1.70 bits per heavy atom. The van der Waals surface area contributed by atoms with Crippen LogP contribution in [0.3, 0.4) is 0 Å². The van der Waals surface area contributed by atoms with E-state index in [1.54, 1.807) is 0 Å². The van der Waals surface area contributed by atoms with Gasteiger partial charge in [-0.25, -0.2) is 4.99 Å². The van der Waals surface area contributed by atoms with Gasteiger partial charge in [0.25, 0.3) is 5.69 Å². The minimum Gasteiger partial charge on any atom is -0.508 e. The lowest BCUT2D eigenvalue weighted by Gasteiger charge is -2.00. The van der Waals surface area contributed by atoms with Gasteiger partial charge in [0.15, 0.2) is 0 Å². The molecule has 102 valence electrons. The molecule has 0 amide bonds. The highest BCUT2D eigenvalue weighted by atomic mass is 16.6. The first-order valence-electron chi connectivity index (χ1n) is 5.51. The monoisotopic (exact) mass is 274 g/mol. The molecule has 2 rings (SSSR count). The van der Waals surface area contributed by atoms with Crippen molar-refractivity contribution in [1.29, 1.82) is 0 Å². The molecule has 20 heavy (non-hydrogen) atoms. The molecule has 0 atom stereocenters. The Kier molecular flexibility index (Phi) is 3.52. The molecule has 0 heterocycles. The smallest absolute Gasteiger partial charge is 0.298 e. The zero-order chi connectivity index (χ0) is 14.7. The first kappa shape index (κ1) is 13.3. The van der Waals surface area contributed by atoms with Crippen LogP contribution in [0.4, 0.5) is 11.4 Å². The van der Waals surface area contributed by atoms with Crippen LogP contribution in [0.1, 0.15) is 5.56 Å². The van der Waals surface area contributed by atoms with Gasteiger partial charge >= 0.3 is 0 Å². The number of phenolic OH excluding ortho intramolecular Hbond substituents is 3. The third-order valence-corrected chi connectivity index (χ3v) is 2.51. The van der Waals surface area contributed by atoms with Gasteiger partial charge in [-0.05, 0) is 30.3 Å². The lowest BCUT2D eigenvalue weighted by atomic mass is 10.2. The summed E-state index contributed by atoms with van der Waals surface area (Å²) in [6.07, 6.45) is 1.19. The number of aliphatic imine (C=N–C) groups is 1. The molecule has 0 fully saturated rings. The number of hydrogen-bond donors (Lipinski definition) is 3. The molecule has 0 aliphatic heterocycles. The second kappa shape index (κ2) is 5.27. The molecule has 0 spiro atoms. The highest BCUT2D eigenvalue weighted by Crippen LogP contribution is 2.31. The highest BCUT2D eigenvalue weighted by molar-refractivity contribution is 5.86. The van der Waals surface area contributed by atoms with Crippen molar-refractivity contribution in [3.63, 3.8) is 0 Å².